The predicted molar refractivity (Wildman–Crippen MR) is 97.0 cm³/mol. The summed E-state index contributed by atoms with van der Waals surface area (Å²) in [7, 11) is 0. The SMILES string of the molecule is O=C(NO)c1ccc2c(c1)N(Cc1nc3cc(Cl)ccc3s1)C(=O)CO2. The largest absolute Gasteiger partial charge is 0.482 e. The number of hydrogen-bond acceptors (Lipinski definition) is 6. The first-order valence-electron chi connectivity index (χ1n) is 7.62. The zero-order valence-electron chi connectivity index (χ0n) is 13.2. The Morgan fingerprint density at radius 2 is 2.19 bits per heavy atom. The standard InChI is InChI=1S/C17H12ClN3O4S/c18-10-2-4-14-11(6-10)19-15(26-14)7-21-12-5-9(17(23)20-24)1-3-13(12)25-8-16(21)22/h1-6,24H,7-8H2,(H,20,23). The summed E-state index contributed by atoms with van der Waals surface area (Å²) in [6.07, 6.45) is 0. The van der Waals surface area contributed by atoms with Crippen LogP contribution in [0.5, 0.6) is 5.75 Å². The van der Waals surface area contributed by atoms with E-state index in [9.17, 15) is 9.59 Å². The van der Waals surface area contributed by atoms with Crippen LogP contribution in [0.25, 0.3) is 10.2 Å². The number of rotatable bonds is 3. The molecule has 2 aromatic carbocycles. The summed E-state index contributed by atoms with van der Waals surface area (Å²) in [6, 6.07) is 10.1. The van der Waals surface area contributed by atoms with Gasteiger partial charge < -0.3 is 4.74 Å². The van der Waals surface area contributed by atoms with E-state index in [2.05, 4.69) is 4.98 Å². The molecule has 1 aliphatic rings. The van der Waals surface area contributed by atoms with Crippen LogP contribution in [0.4, 0.5) is 5.69 Å². The van der Waals surface area contributed by atoms with Crippen molar-refractivity contribution in [2.24, 2.45) is 0 Å². The first-order chi connectivity index (χ1) is 12.5. The smallest absolute Gasteiger partial charge is 0.274 e. The van der Waals surface area contributed by atoms with Gasteiger partial charge in [-0.1, -0.05) is 11.6 Å². The van der Waals surface area contributed by atoms with E-state index in [1.807, 2.05) is 6.07 Å². The minimum absolute atomic E-state index is 0.0880. The zero-order chi connectivity index (χ0) is 18.3. The molecule has 26 heavy (non-hydrogen) atoms. The third-order valence-electron chi connectivity index (χ3n) is 3.95. The number of thiazole rings is 1. The number of ether oxygens (including phenoxy) is 1. The van der Waals surface area contributed by atoms with E-state index in [0.29, 0.717) is 16.5 Å². The third kappa shape index (κ3) is 2.98. The van der Waals surface area contributed by atoms with E-state index in [4.69, 9.17) is 21.5 Å². The molecule has 1 aliphatic heterocycles. The highest BCUT2D eigenvalue weighted by atomic mass is 35.5. The van der Waals surface area contributed by atoms with Crippen molar-refractivity contribution in [1.82, 2.24) is 10.5 Å². The zero-order valence-corrected chi connectivity index (χ0v) is 14.8. The van der Waals surface area contributed by atoms with Gasteiger partial charge in [0.1, 0.15) is 10.8 Å². The first kappa shape index (κ1) is 16.8. The van der Waals surface area contributed by atoms with E-state index in [-0.39, 0.29) is 24.6 Å². The summed E-state index contributed by atoms with van der Waals surface area (Å²) in [5.41, 5.74) is 3.02. The van der Waals surface area contributed by atoms with Gasteiger partial charge in [0.05, 0.1) is 22.4 Å². The second-order valence-corrected chi connectivity index (χ2v) is 7.16. The quantitative estimate of drug-likeness (QED) is 0.530. The molecule has 2 amide bonds. The molecule has 2 heterocycles. The number of hydrogen-bond donors (Lipinski definition) is 2. The van der Waals surface area contributed by atoms with Crippen molar-refractivity contribution >= 4 is 50.7 Å². The number of halogens is 1. The van der Waals surface area contributed by atoms with Gasteiger partial charge in [0, 0.05) is 10.6 Å². The van der Waals surface area contributed by atoms with Crippen molar-refractivity contribution < 1.29 is 19.5 Å². The van der Waals surface area contributed by atoms with Gasteiger partial charge in [0.15, 0.2) is 6.61 Å². The second kappa shape index (κ2) is 6.56. The lowest BCUT2D eigenvalue weighted by Gasteiger charge is -2.29. The van der Waals surface area contributed by atoms with E-state index in [1.54, 1.807) is 23.7 Å². The molecule has 0 bridgehead atoms. The summed E-state index contributed by atoms with van der Waals surface area (Å²) in [6.45, 7) is 0.158. The molecule has 0 unspecified atom stereocenters. The summed E-state index contributed by atoms with van der Waals surface area (Å²) in [5, 5.41) is 10.2. The lowest BCUT2D eigenvalue weighted by atomic mass is 10.1. The fourth-order valence-corrected chi connectivity index (χ4v) is 3.84. The van der Waals surface area contributed by atoms with E-state index in [1.165, 1.54) is 28.4 Å². The molecule has 0 atom stereocenters. The van der Waals surface area contributed by atoms with Gasteiger partial charge in [0.25, 0.3) is 11.8 Å². The molecule has 0 aliphatic carbocycles. The number of hydroxylamine groups is 1. The van der Waals surface area contributed by atoms with Crippen LogP contribution >= 0.6 is 22.9 Å². The van der Waals surface area contributed by atoms with E-state index < -0.39 is 5.91 Å². The molecule has 9 heteroatoms. The van der Waals surface area contributed by atoms with Crippen LogP contribution in [-0.4, -0.2) is 28.6 Å². The molecule has 4 rings (SSSR count). The highest BCUT2D eigenvalue weighted by Crippen LogP contribution is 2.35. The van der Waals surface area contributed by atoms with Crippen molar-refractivity contribution in [2.45, 2.75) is 6.54 Å². The van der Waals surface area contributed by atoms with Gasteiger partial charge in [0.2, 0.25) is 0 Å². The van der Waals surface area contributed by atoms with Crippen LogP contribution < -0.4 is 15.1 Å². The number of aromatic nitrogens is 1. The Morgan fingerprint density at radius 3 is 3.00 bits per heavy atom. The van der Waals surface area contributed by atoms with Crippen LogP contribution in [-0.2, 0) is 11.3 Å². The summed E-state index contributed by atoms with van der Waals surface area (Å²) < 4.78 is 6.40. The maximum Gasteiger partial charge on any atom is 0.274 e. The molecule has 0 saturated carbocycles. The topological polar surface area (TPSA) is 91.8 Å². The molecule has 1 aromatic heterocycles. The average Bonchev–Trinajstić information content (AvgIpc) is 3.04. The van der Waals surface area contributed by atoms with Crippen LogP contribution in [0.15, 0.2) is 36.4 Å². The molecule has 3 aromatic rings. The number of benzene rings is 2. The normalized spacial score (nSPS) is 13.5. The van der Waals surface area contributed by atoms with Crippen molar-refractivity contribution in [3.63, 3.8) is 0 Å². The van der Waals surface area contributed by atoms with Gasteiger partial charge in [-0.3, -0.25) is 19.7 Å². The van der Waals surface area contributed by atoms with Gasteiger partial charge in [-0.05, 0) is 36.4 Å². The average molecular weight is 390 g/mol. The Morgan fingerprint density at radius 1 is 1.35 bits per heavy atom. The number of anilines is 1. The maximum atomic E-state index is 12.4. The van der Waals surface area contributed by atoms with Crippen molar-refractivity contribution in [3.8, 4) is 5.75 Å². The Labute approximate surface area is 156 Å². The fourth-order valence-electron chi connectivity index (χ4n) is 2.73. The molecular formula is C17H12ClN3O4S. The number of amides is 2. The second-order valence-electron chi connectivity index (χ2n) is 5.61. The monoisotopic (exact) mass is 389 g/mol. The summed E-state index contributed by atoms with van der Waals surface area (Å²) >= 11 is 7.46. The lowest BCUT2D eigenvalue weighted by Crippen LogP contribution is -2.38. The molecular weight excluding hydrogens is 378 g/mol. The fraction of sp³-hybridized carbons (Fsp3) is 0.118. The number of fused-ring (bicyclic) bond motifs is 2. The van der Waals surface area contributed by atoms with Crippen molar-refractivity contribution in [2.75, 3.05) is 11.5 Å². The molecule has 2 N–H and O–H groups in total. The van der Waals surface area contributed by atoms with Crippen LogP contribution in [0, 0.1) is 0 Å². The Bertz CT molecular complexity index is 1040. The van der Waals surface area contributed by atoms with Gasteiger partial charge in [-0.25, -0.2) is 10.5 Å². The van der Waals surface area contributed by atoms with Crippen LogP contribution in [0.1, 0.15) is 15.4 Å². The maximum absolute atomic E-state index is 12.4. The molecule has 132 valence electrons. The first-order valence-corrected chi connectivity index (χ1v) is 8.81. The van der Waals surface area contributed by atoms with E-state index in [0.717, 1.165) is 15.2 Å². The number of carbonyl (C=O) groups is 2. The third-order valence-corrected chi connectivity index (χ3v) is 5.21. The van der Waals surface area contributed by atoms with Gasteiger partial charge >= 0.3 is 0 Å². The molecule has 0 radical (unpaired) electrons. The van der Waals surface area contributed by atoms with Crippen molar-refractivity contribution in [3.05, 3.63) is 52.0 Å². The molecule has 7 nitrogen and oxygen atoms in total. The summed E-state index contributed by atoms with van der Waals surface area (Å²) in [4.78, 5) is 30.1. The Balaban J connectivity index is 1.71. The lowest BCUT2D eigenvalue weighted by molar-refractivity contribution is -0.121. The number of nitrogens with zero attached hydrogens (tertiary/aromatic N) is 2. The predicted octanol–water partition coefficient (Wildman–Crippen LogP) is 2.99. The summed E-state index contributed by atoms with van der Waals surface area (Å²) in [5.74, 6) is -0.417. The van der Waals surface area contributed by atoms with Gasteiger partial charge in [-0.15, -0.1) is 11.3 Å². The number of carbonyl (C=O) groups excluding carboxylic acids is 2. The number of nitrogens with one attached hydrogen (secondary N) is 1. The molecule has 0 spiro atoms. The minimum Gasteiger partial charge on any atom is -0.482 e. The molecule has 0 fully saturated rings. The molecule has 0 saturated heterocycles. The van der Waals surface area contributed by atoms with Gasteiger partial charge in [-0.2, -0.15) is 0 Å². The highest BCUT2D eigenvalue weighted by molar-refractivity contribution is 7.18. The van der Waals surface area contributed by atoms with Crippen LogP contribution in [0.3, 0.4) is 0 Å². The minimum atomic E-state index is -0.666. The van der Waals surface area contributed by atoms with Crippen molar-refractivity contribution in [1.29, 1.82) is 0 Å². The van der Waals surface area contributed by atoms with E-state index >= 15 is 0 Å². The Kier molecular flexibility index (Phi) is 4.23. The van der Waals surface area contributed by atoms with Crippen LogP contribution in [0.2, 0.25) is 5.02 Å². The highest BCUT2D eigenvalue weighted by Gasteiger charge is 2.27. The Hall–Kier alpha value is -2.68.